The highest BCUT2D eigenvalue weighted by molar-refractivity contribution is 5.37. The molecule has 3 aromatic carbocycles. The van der Waals surface area contributed by atoms with Gasteiger partial charge in [0.25, 0.3) is 0 Å². The van der Waals surface area contributed by atoms with Crippen LogP contribution >= 0.6 is 0 Å². The average Bonchev–Trinajstić information content (AvgIpc) is 2.79. The molecule has 0 radical (unpaired) electrons. The molecule has 0 bridgehead atoms. The van der Waals surface area contributed by atoms with E-state index in [1.807, 2.05) is 61.5 Å². The highest BCUT2D eigenvalue weighted by atomic mass is 19.1. The van der Waals surface area contributed by atoms with Crippen LogP contribution in [-0.4, -0.2) is 41.4 Å². The molecule has 3 aromatic rings. The smallest absolute Gasteiger partial charge is 0.123 e. The fourth-order valence-electron chi connectivity index (χ4n) is 3.85. The quantitative estimate of drug-likeness (QED) is 0.515. The molecule has 4 nitrogen and oxygen atoms in total. The maximum Gasteiger partial charge on any atom is 0.123 e. The third-order valence-electron chi connectivity index (χ3n) is 5.66. The lowest BCUT2D eigenvalue weighted by atomic mass is 9.82. The molecular weight excluding hydrogens is 393 g/mol. The summed E-state index contributed by atoms with van der Waals surface area (Å²) in [5, 5.41) is 23.0. The lowest BCUT2D eigenvalue weighted by Gasteiger charge is -2.37. The molecule has 3 rings (SSSR count). The van der Waals surface area contributed by atoms with Crippen LogP contribution in [0.15, 0.2) is 78.9 Å². The van der Waals surface area contributed by atoms with Crippen LogP contribution in [0.3, 0.4) is 0 Å². The Morgan fingerprint density at radius 3 is 2.39 bits per heavy atom. The maximum atomic E-state index is 14.0. The largest absolute Gasteiger partial charge is 0.496 e. The Morgan fingerprint density at radius 1 is 1.00 bits per heavy atom. The van der Waals surface area contributed by atoms with E-state index in [0.29, 0.717) is 24.4 Å². The average molecular weight is 424 g/mol. The van der Waals surface area contributed by atoms with Crippen LogP contribution in [0, 0.1) is 5.82 Å². The standard InChI is InChI=1S/C26H30FNO3/c1-3-28(18-20-10-5-4-6-11-20)19-25(29)26(30,22-13-9-14-23(27)16-22)17-21-12-7-8-15-24(21)31-2/h4-16,25,29-30H,3,17-19H2,1-2H3/t25?,26-/m1/s1. The van der Waals surface area contributed by atoms with E-state index in [9.17, 15) is 14.6 Å². The number of aliphatic hydroxyl groups excluding tert-OH is 1. The van der Waals surface area contributed by atoms with E-state index in [0.717, 1.165) is 11.1 Å². The second kappa shape index (κ2) is 10.5. The molecule has 0 heterocycles. The minimum atomic E-state index is -1.69. The van der Waals surface area contributed by atoms with Crippen molar-refractivity contribution in [1.82, 2.24) is 4.90 Å². The predicted octanol–water partition coefficient (Wildman–Crippen LogP) is 4.15. The number of methoxy groups -OCH3 is 1. The number of nitrogens with zero attached hydrogens (tertiary/aromatic N) is 1. The molecule has 31 heavy (non-hydrogen) atoms. The van der Waals surface area contributed by atoms with Gasteiger partial charge in [0.15, 0.2) is 0 Å². The van der Waals surface area contributed by atoms with Crippen LogP contribution < -0.4 is 4.74 Å². The molecule has 0 aliphatic carbocycles. The number of halogens is 1. The summed E-state index contributed by atoms with van der Waals surface area (Å²) in [4.78, 5) is 2.06. The molecule has 0 aliphatic heterocycles. The van der Waals surface area contributed by atoms with Crippen LogP contribution in [0.1, 0.15) is 23.6 Å². The number of likely N-dealkylation sites (N-methyl/N-ethyl adjacent to an activating group) is 1. The van der Waals surface area contributed by atoms with Crippen molar-refractivity contribution in [2.24, 2.45) is 0 Å². The van der Waals surface area contributed by atoms with Crippen LogP contribution in [0.4, 0.5) is 4.39 Å². The van der Waals surface area contributed by atoms with Gasteiger partial charge in [-0.25, -0.2) is 4.39 Å². The normalized spacial score (nSPS) is 14.3. The third kappa shape index (κ3) is 5.70. The number of aliphatic hydroxyl groups is 2. The molecule has 0 aliphatic rings. The molecule has 2 N–H and O–H groups in total. The molecular formula is C26H30FNO3. The van der Waals surface area contributed by atoms with Gasteiger partial charge in [-0.3, -0.25) is 4.90 Å². The SMILES string of the molecule is CCN(Cc1ccccc1)CC(O)[C@@](O)(Cc1ccccc1OC)c1cccc(F)c1. The Balaban J connectivity index is 1.91. The first-order valence-corrected chi connectivity index (χ1v) is 10.5. The monoisotopic (exact) mass is 423 g/mol. The zero-order valence-electron chi connectivity index (χ0n) is 18.0. The molecule has 0 saturated carbocycles. The van der Waals surface area contributed by atoms with Crippen molar-refractivity contribution in [2.75, 3.05) is 20.2 Å². The van der Waals surface area contributed by atoms with Gasteiger partial charge in [0.05, 0.1) is 13.2 Å². The van der Waals surface area contributed by atoms with Gasteiger partial charge in [0.2, 0.25) is 0 Å². The van der Waals surface area contributed by atoms with E-state index in [4.69, 9.17) is 4.74 Å². The summed E-state index contributed by atoms with van der Waals surface area (Å²) in [5.41, 5.74) is 0.500. The van der Waals surface area contributed by atoms with Gasteiger partial charge in [-0.05, 0) is 41.4 Å². The number of rotatable bonds is 10. The van der Waals surface area contributed by atoms with Gasteiger partial charge in [-0.2, -0.15) is 0 Å². The zero-order valence-corrected chi connectivity index (χ0v) is 18.0. The van der Waals surface area contributed by atoms with Crippen molar-refractivity contribution < 1.29 is 19.3 Å². The van der Waals surface area contributed by atoms with Crippen molar-refractivity contribution >= 4 is 0 Å². The van der Waals surface area contributed by atoms with Gasteiger partial charge >= 0.3 is 0 Å². The Bertz CT molecular complexity index is 966. The molecule has 0 amide bonds. The highest BCUT2D eigenvalue weighted by Crippen LogP contribution is 2.34. The number of hydrogen-bond acceptors (Lipinski definition) is 4. The first-order chi connectivity index (χ1) is 15.0. The predicted molar refractivity (Wildman–Crippen MR) is 120 cm³/mol. The molecule has 0 fully saturated rings. The molecule has 0 aromatic heterocycles. The zero-order chi connectivity index (χ0) is 22.3. The number of benzene rings is 3. The van der Waals surface area contributed by atoms with Crippen molar-refractivity contribution in [3.8, 4) is 5.75 Å². The minimum Gasteiger partial charge on any atom is -0.496 e. The summed E-state index contributed by atoms with van der Waals surface area (Å²) in [6.45, 7) is 3.58. The fraction of sp³-hybridized carbons (Fsp3) is 0.308. The first kappa shape index (κ1) is 22.9. The van der Waals surface area contributed by atoms with Crippen LogP contribution in [0.2, 0.25) is 0 Å². The van der Waals surface area contributed by atoms with Crippen LogP contribution in [-0.2, 0) is 18.6 Å². The Kier molecular flexibility index (Phi) is 7.80. The third-order valence-corrected chi connectivity index (χ3v) is 5.66. The molecule has 1 unspecified atom stereocenters. The van der Waals surface area contributed by atoms with E-state index in [1.54, 1.807) is 19.2 Å². The summed E-state index contributed by atoms with van der Waals surface area (Å²) >= 11 is 0. The summed E-state index contributed by atoms with van der Waals surface area (Å²) < 4.78 is 19.5. The lowest BCUT2D eigenvalue weighted by Crippen LogP contribution is -2.48. The van der Waals surface area contributed by atoms with Gasteiger partial charge < -0.3 is 14.9 Å². The lowest BCUT2D eigenvalue weighted by molar-refractivity contribution is -0.0925. The second-order valence-electron chi connectivity index (χ2n) is 7.75. The van der Waals surface area contributed by atoms with Gasteiger partial charge in [-0.1, -0.05) is 67.6 Å². The Labute approximate surface area is 183 Å². The first-order valence-electron chi connectivity index (χ1n) is 10.5. The van der Waals surface area contributed by atoms with E-state index < -0.39 is 17.5 Å². The second-order valence-corrected chi connectivity index (χ2v) is 7.75. The molecule has 0 spiro atoms. The van der Waals surface area contributed by atoms with E-state index in [1.165, 1.54) is 12.1 Å². The van der Waals surface area contributed by atoms with E-state index in [-0.39, 0.29) is 13.0 Å². The van der Waals surface area contributed by atoms with Crippen molar-refractivity contribution in [2.45, 2.75) is 31.6 Å². The van der Waals surface area contributed by atoms with Gasteiger partial charge in [0, 0.05) is 19.5 Å². The van der Waals surface area contributed by atoms with E-state index >= 15 is 0 Å². The van der Waals surface area contributed by atoms with Crippen molar-refractivity contribution in [1.29, 1.82) is 0 Å². The summed E-state index contributed by atoms with van der Waals surface area (Å²) in [6.07, 6.45) is -1.06. The Morgan fingerprint density at radius 2 is 1.71 bits per heavy atom. The molecule has 0 saturated heterocycles. The van der Waals surface area contributed by atoms with Crippen molar-refractivity contribution in [3.63, 3.8) is 0 Å². The fourth-order valence-corrected chi connectivity index (χ4v) is 3.85. The van der Waals surface area contributed by atoms with Crippen molar-refractivity contribution in [3.05, 3.63) is 101 Å². The molecule has 5 heteroatoms. The number of para-hydroxylation sites is 1. The van der Waals surface area contributed by atoms with Gasteiger partial charge in [-0.15, -0.1) is 0 Å². The molecule has 164 valence electrons. The maximum absolute atomic E-state index is 14.0. The van der Waals surface area contributed by atoms with E-state index in [2.05, 4.69) is 4.90 Å². The summed E-state index contributed by atoms with van der Waals surface area (Å²) in [7, 11) is 1.56. The number of hydrogen-bond donors (Lipinski definition) is 2. The van der Waals surface area contributed by atoms with Crippen LogP contribution in [0.5, 0.6) is 5.75 Å². The van der Waals surface area contributed by atoms with Gasteiger partial charge in [0.1, 0.15) is 17.2 Å². The highest BCUT2D eigenvalue weighted by Gasteiger charge is 2.39. The summed E-state index contributed by atoms with van der Waals surface area (Å²) in [6, 6.07) is 23.1. The number of ether oxygens (including phenoxy) is 1. The molecule has 2 atom stereocenters. The summed E-state index contributed by atoms with van der Waals surface area (Å²) in [5.74, 6) is 0.154. The minimum absolute atomic E-state index is 0.0878. The van der Waals surface area contributed by atoms with Crippen LogP contribution in [0.25, 0.3) is 0 Å². The topological polar surface area (TPSA) is 52.9 Å². The Hall–Kier alpha value is -2.73.